The largest absolute Gasteiger partial charge is 0.436 e. The topological polar surface area (TPSA) is 89.4 Å². The van der Waals surface area contributed by atoms with Crippen LogP contribution in [0.2, 0.25) is 5.02 Å². The molecule has 1 heterocycles. The van der Waals surface area contributed by atoms with E-state index in [1.54, 1.807) is 40.7 Å². The fraction of sp³-hybridized carbons (Fsp3) is 0.435. The van der Waals surface area contributed by atoms with Crippen LogP contribution in [0.3, 0.4) is 0 Å². The van der Waals surface area contributed by atoms with E-state index in [-0.39, 0.29) is 10.9 Å². The van der Waals surface area contributed by atoms with Gasteiger partial charge in [0.15, 0.2) is 5.58 Å². The first kappa shape index (κ1) is 22.3. The number of oxazole rings is 1. The van der Waals surface area contributed by atoms with Crippen molar-refractivity contribution in [2.24, 2.45) is 5.73 Å². The lowest BCUT2D eigenvalue weighted by Gasteiger charge is -2.33. The van der Waals surface area contributed by atoms with E-state index in [9.17, 15) is 8.42 Å². The van der Waals surface area contributed by atoms with E-state index in [4.69, 9.17) is 21.8 Å². The molecule has 0 saturated heterocycles. The van der Waals surface area contributed by atoms with E-state index in [0.29, 0.717) is 40.7 Å². The van der Waals surface area contributed by atoms with Crippen LogP contribution < -0.4 is 5.73 Å². The molecule has 1 saturated carbocycles. The molecule has 166 valence electrons. The zero-order valence-electron chi connectivity index (χ0n) is 17.5. The maximum Gasteiger partial charge on any atom is 0.243 e. The molecule has 0 bridgehead atoms. The van der Waals surface area contributed by atoms with Gasteiger partial charge in [0, 0.05) is 23.2 Å². The minimum Gasteiger partial charge on any atom is -0.436 e. The monoisotopic (exact) mass is 461 g/mol. The number of halogens is 1. The number of hydrogen-bond acceptors (Lipinski definition) is 5. The molecule has 4 rings (SSSR count). The zero-order chi connectivity index (χ0) is 21.8. The SMILES string of the molecule is NCCCCN(C1CCCCC1)S(=O)(=O)c1cccc(-c2nc3cc(Cl)ccc3o2)c1. The third-order valence-corrected chi connectivity index (χ3v) is 8.03. The number of sulfonamides is 1. The lowest BCUT2D eigenvalue weighted by atomic mass is 9.95. The van der Waals surface area contributed by atoms with E-state index in [1.807, 2.05) is 6.07 Å². The van der Waals surface area contributed by atoms with Gasteiger partial charge in [-0.2, -0.15) is 4.31 Å². The first-order valence-electron chi connectivity index (χ1n) is 10.9. The molecular formula is C23H28ClN3O3S. The Balaban J connectivity index is 1.67. The Labute approximate surface area is 188 Å². The Morgan fingerprint density at radius 1 is 1.10 bits per heavy atom. The summed E-state index contributed by atoms with van der Waals surface area (Å²) >= 11 is 6.05. The number of hydrogen-bond donors (Lipinski definition) is 1. The Morgan fingerprint density at radius 2 is 1.90 bits per heavy atom. The van der Waals surface area contributed by atoms with Gasteiger partial charge in [-0.05, 0) is 68.6 Å². The fourth-order valence-corrected chi connectivity index (χ4v) is 6.17. The van der Waals surface area contributed by atoms with Crippen molar-refractivity contribution in [3.8, 4) is 11.5 Å². The molecule has 0 atom stereocenters. The van der Waals surface area contributed by atoms with Gasteiger partial charge in [0.2, 0.25) is 15.9 Å². The predicted octanol–water partition coefficient (Wildman–Crippen LogP) is 5.21. The van der Waals surface area contributed by atoms with Gasteiger partial charge >= 0.3 is 0 Å². The van der Waals surface area contributed by atoms with Crippen LogP contribution in [0.1, 0.15) is 44.9 Å². The summed E-state index contributed by atoms with van der Waals surface area (Å²) in [7, 11) is -3.65. The second kappa shape index (κ2) is 9.69. The van der Waals surface area contributed by atoms with Gasteiger partial charge < -0.3 is 10.2 Å². The highest BCUT2D eigenvalue weighted by Crippen LogP contribution is 2.31. The summed E-state index contributed by atoms with van der Waals surface area (Å²) in [5, 5.41) is 0.573. The summed E-state index contributed by atoms with van der Waals surface area (Å²) in [6, 6.07) is 12.1. The number of nitrogens with two attached hydrogens (primary N) is 1. The highest BCUT2D eigenvalue weighted by atomic mass is 35.5. The number of nitrogens with zero attached hydrogens (tertiary/aromatic N) is 2. The Hall–Kier alpha value is -1.93. The molecule has 31 heavy (non-hydrogen) atoms. The summed E-state index contributed by atoms with van der Waals surface area (Å²) in [6.45, 7) is 1.06. The maximum absolute atomic E-state index is 13.7. The average Bonchev–Trinajstić information content (AvgIpc) is 3.20. The van der Waals surface area contributed by atoms with Crippen molar-refractivity contribution in [3.05, 3.63) is 47.5 Å². The molecule has 0 unspecified atom stereocenters. The van der Waals surface area contributed by atoms with Gasteiger partial charge in [-0.25, -0.2) is 13.4 Å². The van der Waals surface area contributed by atoms with Crippen molar-refractivity contribution in [1.29, 1.82) is 0 Å². The molecule has 1 aromatic heterocycles. The van der Waals surface area contributed by atoms with E-state index in [0.717, 1.165) is 38.5 Å². The molecule has 0 aliphatic heterocycles. The van der Waals surface area contributed by atoms with Crippen LogP contribution in [0.15, 0.2) is 51.8 Å². The van der Waals surface area contributed by atoms with Crippen molar-refractivity contribution >= 4 is 32.7 Å². The molecule has 6 nitrogen and oxygen atoms in total. The molecule has 0 radical (unpaired) electrons. The third-order valence-electron chi connectivity index (χ3n) is 5.85. The smallest absolute Gasteiger partial charge is 0.243 e. The molecular weight excluding hydrogens is 434 g/mol. The zero-order valence-corrected chi connectivity index (χ0v) is 19.0. The van der Waals surface area contributed by atoms with Crippen LogP contribution in [0.25, 0.3) is 22.6 Å². The predicted molar refractivity (Wildman–Crippen MR) is 124 cm³/mol. The van der Waals surface area contributed by atoms with E-state index in [1.165, 1.54) is 6.42 Å². The minimum absolute atomic E-state index is 0.0478. The molecule has 8 heteroatoms. The average molecular weight is 462 g/mol. The van der Waals surface area contributed by atoms with Crippen molar-refractivity contribution in [2.45, 2.75) is 55.9 Å². The highest BCUT2D eigenvalue weighted by Gasteiger charge is 2.32. The van der Waals surface area contributed by atoms with Crippen molar-refractivity contribution in [1.82, 2.24) is 9.29 Å². The van der Waals surface area contributed by atoms with Crippen molar-refractivity contribution < 1.29 is 12.8 Å². The Bertz CT molecular complexity index is 1140. The molecule has 0 amide bonds. The Kier molecular flexibility index (Phi) is 6.96. The lowest BCUT2D eigenvalue weighted by molar-refractivity contribution is 0.250. The molecule has 2 aromatic carbocycles. The summed E-state index contributed by atoms with van der Waals surface area (Å²) in [5.41, 5.74) is 7.52. The summed E-state index contributed by atoms with van der Waals surface area (Å²) in [6.07, 6.45) is 6.70. The van der Waals surface area contributed by atoms with Crippen LogP contribution >= 0.6 is 11.6 Å². The van der Waals surface area contributed by atoms with Crippen LogP contribution in [-0.2, 0) is 10.0 Å². The quantitative estimate of drug-likeness (QED) is 0.465. The van der Waals surface area contributed by atoms with Gasteiger partial charge in [-0.15, -0.1) is 0 Å². The van der Waals surface area contributed by atoms with E-state index < -0.39 is 10.0 Å². The first-order valence-corrected chi connectivity index (χ1v) is 12.7. The van der Waals surface area contributed by atoms with Crippen molar-refractivity contribution in [2.75, 3.05) is 13.1 Å². The van der Waals surface area contributed by atoms with Crippen LogP contribution in [-0.4, -0.2) is 36.8 Å². The van der Waals surface area contributed by atoms with E-state index >= 15 is 0 Å². The van der Waals surface area contributed by atoms with Crippen LogP contribution in [0, 0.1) is 0 Å². The summed E-state index contributed by atoms with van der Waals surface area (Å²) < 4.78 is 34.8. The fourth-order valence-electron chi connectivity index (χ4n) is 4.23. The number of benzene rings is 2. The Morgan fingerprint density at radius 3 is 2.68 bits per heavy atom. The molecule has 0 spiro atoms. The van der Waals surface area contributed by atoms with Crippen LogP contribution in [0.4, 0.5) is 0 Å². The summed E-state index contributed by atoms with van der Waals surface area (Å²) in [5.74, 6) is 0.377. The van der Waals surface area contributed by atoms with Crippen LogP contribution in [0.5, 0.6) is 0 Å². The van der Waals surface area contributed by atoms with Gasteiger partial charge in [0.05, 0.1) is 4.90 Å². The van der Waals surface area contributed by atoms with Gasteiger partial charge in [0.1, 0.15) is 5.52 Å². The number of aromatic nitrogens is 1. The van der Waals surface area contributed by atoms with Gasteiger partial charge in [0.25, 0.3) is 0 Å². The van der Waals surface area contributed by atoms with E-state index in [2.05, 4.69) is 4.98 Å². The van der Waals surface area contributed by atoms with Crippen molar-refractivity contribution in [3.63, 3.8) is 0 Å². The van der Waals surface area contributed by atoms with Gasteiger partial charge in [-0.3, -0.25) is 0 Å². The molecule has 2 N–H and O–H groups in total. The lowest BCUT2D eigenvalue weighted by Crippen LogP contribution is -2.42. The molecule has 1 aliphatic rings. The standard InChI is InChI=1S/C23H28ClN3O3S/c24-18-11-12-22-21(16-18)26-23(30-22)17-7-6-10-20(15-17)31(28,29)27(14-5-4-13-25)19-8-2-1-3-9-19/h6-7,10-12,15-16,19H,1-5,8-9,13-14,25H2. The molecule has 1 fully saturated rings. The normalized spacial score (nSPS) is 15.7. The third kappa shape index (κ3) is 4.95. The number of unbranched alkanes of at least 4 members (excludes halogenated alkanes) is 1. The second-order valence-corrected chi connectivity index (χ2v) is 10.4. The van der Waals surface area contributed by atoms with Gasteiger partial charge in [-0.1, -0.05) is 36.9 Å². The number of rotatable bonds is 8. The minimum atomic E-state index is -3.65. The molecule has 3 aromatic rings. The maximum atomic E-state index is 13.7. The first-order chi connectivity index (χ1) is 15.0. The summed E-state index contributed by atoms with van der Waals surface area (Å²) in [4.78, 5) is 4.76. The second-order valence-electron chi connectivity index (χ2n) is 8.06. The highest BCUT2D eigenvalue weighted by molar-refractivity contribution is 7.89. The number of fused-ring (bicyclic) bond motifs is 1. The molecule has 1 aliphatic carbocycles.